The van der Waals surface area contributed by atoms with Crippen molar-refractivity contribution in [3.8, 4) is 0 Å². The highest BCUT2D eigenvalue weighted by molar-refractivity contribution is 5.95. The number of benzene rings is 1. The first kappa shape index (κ1) is 13.8. The summed E-state index contributed by atoms with van der Waals surface area (Å²) in [5.74, 6) is -1.39. The van der Waals surface area contributed by atoms with Gasteiger partial charge in [0, 0.05) is 23.6 Å². The molecule has 104 valence electrons. The molecule has 0 bridgehead atoms. The zero-order valence-electron chi connectivity index (χ0n) is 10.9. The molecule has 0 radical (unpaired) electrons. The Kier molecular flexibility index (Phi) is 3.84. The van der Waals surface area contributed by atoms with Crippen LogP contribution in [0, 0.1) is 6.92 Å². The van der Waals surface area contributed by atoms with Crippen molar-refractivity contribution in [2.45, 2.75) is 19.8 Å². The van der Waals surface area contributed by atoms with Gasteiger partial charge in [-0.2, -0.15) is 0 Å². The van der Waals surface area contributed by atoms with Crippen molar-refractivity contribution in [1.29, 1.82) is 0 Å². The van der Waals surface area contributed by atoms with Crippen LogP contribution < -0.4 is 10.9 Å². The van der Waals surface area contributed by atoms with Gasteiger partial charge in [0.05, 0.1) is 11.9 Å². The Labute approximate surface area is 114 Å². The van der Waals surface area contributed by atoms with Crippen molar-refractivity contribution in [2.75, 3.05) is 5.32 Å². The quantitative estimate of drug-likeness (QED) is 0.789. The van der Waals surface area contributed by atoms with Crippen LogP contribution in [0.4, 0.5) is 5.69 Å². The number of aliphatic carboxylic acids is 1. The molecule has 2 rings (SSSR count). The molecule has 0 aliphatic carbocycles. The zero-order chi connectivity index (χ0) is 14.7. The Morgan fingerprint density at radius 2 is 2.00 bits per heavy atom. The number of amides is 1. The molecule has 1 aromatic heterocycles. The van der Waals surface area contributed by atoms with Crippen LogP contribution in [0.2, 0.25) is 0 Å². The van der Waals surface area contributed by atoms with Gasteiger partial charge in [-0.05, 0) is 24.6 Å². The van der Waals surface area contributed by atoms with Gasteiger partial charge in [-0.15, -0.1) is 0 Å². The molecule has 0 spiro atoms. The minimum Gasteiger partial charge on any atom is -0.481 e. The second-order valence-corrected chi connectivity index (χ2v) is 4.52. The van der Waals surface area contributed by atoms with Gasteiger partial charge >= 0.3 is 5.97 Å². The number of aryl methyl sites for hydroxylation is 1. The molecule has 6 heteroatoms. The molecule has 0 aliphatic heterocycles. The largest absolute Gasteiger partial charge is 0.481 e. The molecular weight excluding hydrogens is 260 g/mol. The Bertz CT molecular complexity index is 734. The molecule has 0 saturated carbocycles. The number of rotatable bonds is 4. The molecule has 0 unspecified atom stereocenters. The third-order valence-electron chi connectivity index (χ3n) is 2.90. The zero-order valence-corrected chi connectivity index (χ0v) is 10.9. The summed E-state index contributed by atoms with van der Waals surface area (Å²) in [5.41, 5.74) is 1.80. The van der Waals surface area contributed by atoms with Gasteiger partial charge in [0.25, 0.3) is 0 Å². The normalized spacial score (nSPS) is 10.4. The molecule has 1 amide bonds. The van der Waals surface area contributed by atoms with Crippen molar-refractivity contribution in [2.24, 2.45) is 0 Å². The lowest BCUT2D eigenvalue weighted by Crippen LogP contribution is -2.13. The maximum absolute atomic E-state index is 11.5. The molecule has 0 atom stereocenters. The van der Waals surface area contributed by atoms with Crippen LogP contribution in [0.5, 0.6) is 0 Å². The van der Waals surface area contributed by atoms with Crippen LogP contribution in [-0.2, 0) is 9.59 Å². The summed E-state index contributed by atoms with van der Waals surface area (Å²) in [6, 6.07) is 6.68. The predicted molar refractivity (Wildman–Crippen MR) is 74.8 cm³/mol. The predicted octanol–water partition coefficient (Wildman–Crippen LogP) is 1.64. The maximum atomic E-state index is 11.5. The Hall–Kier alpha value is -2.63. The van der Waals surface area contributed by atoms with Gasteiger partial charge in [-0.1, -0.05) is 6.07 Å². The third kappa shape index (κ3) is 3.23. The van der Waals surface area contributed by atoms with Crippen LogP contribution in [0.1, 0.15) is 18.4 Å². The minimum absolute atomic E-state index is 0.0856. The van der Waals surface area contributed by atoms with E-state index in [1.165, 1.54) is 6.07 Å². The highest BCUT2D eigenvalue weighted by atomic mass is 16.4. The van der Waals surface area contributed by atoms with Gasteiger partial charge < -0.3 is 15.4 Å². The number of aromatic nitrogens is 1. The summed E-state index contributed by atoms with van der Waals surface area (Å²) < 4.78 is 0. The Balaban J connectivity index is 2.22. The van der Waals surface area contributed by atoms with E-state index >= 15 is 0 Å². The van der Waals surface area contributed by atoms with E-state index in [0.717, 1.165) is 10.9 Å². The number of hydrogen-bond donors (Lipinski definition) is 3. The van der Waals surface area contributed by atoms with Crippen molar-refractivity contribution in [1.82, 2.24) is 4.98 Å². The molecule has 2 aromatic rings. The lowest BCUT2D eigenvalue weighted by atomic mass is 10.1. The highest BCUT2D eigenvalue weighted by Crippen LogP contribution is 2.19. The smallest absolute Gasteiger partial charge is 0.303 e. The van der Waals surface area contributed by atoms with Gasteiger partial charge in [0.1, 0.15) is 0 Å². The van der Waals surface area contributed by atoms with Gasteiger partial charge in [0.15, 0.2) is 0 Å². The van der Waals surface area contributed by atoms with Crippen molar-refractivity contribution >= 4 is 28.5 Å². The number of pyridine rings is 1. The number of aromatic amines is 1. The van der Waals surface area contributed by atoms with E-state index in [4.69, 9.17) is 5.11 Å². The number of carbonyl (C=O) groups is 2. The first-order chi connectivity index (χ1) is 9.45. The summed E-state index contributed by atoms with van der Waals surface area (Å²) in [4.78, 5) is 36.0. The number of carboxylic acids is 1. The van der Waals surface area contributed by atoms with Crippen LogP contribution in [-0.4, -0.2) is 22.0 Å². The molecular formula is C14H14N2O4. The number of H-pyrrole nitrogens is 1. The number of hydrogen-bond acceptors (Lipinski definition) is 3. The van der Waals surface area contributed by atoms with Crippen molar-refractivity contribution in [3.63, 3.8) is 0 Å². The van der Waals surface area contributed by atoms with E-state index in [0.29, 0.717) is 11.2 Å². The first-order valence-corrected chi connectivity index (χ1v) is 6.11. The molecule has 0 saturated heterocycles. The lowest BCUT2D eigenvalue weighted by molar-refractivity contribution is -0.138. The topological polar surface area (TPSA) is 99.3 Å². The van der Waals surface area contributed by atoms with Crippen LogP contribution in [0.25, 0.3) is 10.9 Å². The van der Waals surface area contributed by atoms with E-state index in [2.05, 4.69) is 10.3 Å². The van der Waals surface area contributed by atoms with Gasteiger partial charge in [-0.3, -0.25) is 14.4 Å². The molecule has 1 heterocycles. The summed E-state index contributed by atoms with van der Waals surface area (Å²) in [7, 11) is 0. The Morgan fingerprint density at radius 3 is 2.70 bits per heavy atom. The highest BCUT2D eigenvalue weighted by Gasteiger charge is 2.07. The average molecular weight is 274 g/mol. The summed E-state index contributed by atoms with van der Waals surface area (Å²) >= 11 is 0. The molecule has 0 aliphatic rings. The van der Waals surface area contributed by atoms with Gasteiger partial charge in [0.2, 0.25) is 11.5 Å². The monoisotopic (exact) mass is 274 g/mol. The molecule has 6 nitrogen and oxygen atoms in total. The average Bonchev–Trinajstić information content (AvgIpc) is 2.35. The third-order valence-corrected chi connectivity index (χ3v) is 2.90. The number of fused-ring (bicyclic) bond motifs is 1. The second-order valence-electron chi connectivity index (χ2n) is 4.52. The number of carbonyl (C=O) groups excluding carboxylic acids is 1. The van der Waals surface area contributed by atoms with E-state index in [-0.39, 0.29) is 24.3 Å². The maximum Gasteiger partial charge on any atom is 0.303 e. The van der Waals surface area contributed by atoms with E-state index in [9.17, 15) is 14.4 Å². The minimum atomic E-state index is -1.02. The second kappa shape index (κ2) is 5.56. The molecule has 20 heavy (non-hydrogen) atoms. The van der Waals surface area contributed by atoms with Crippen LogP contribution in [0.15, 0.2) is 29.1 Å². The summed E-state index contributed by atoms with van der Waals surface area (Å²) in [6.45, 7) is 1.84. The fraction of sp³-hybridized carbons (Fsp3) is 0.214. The Morgan fingerprint density at radius 1 is 1.25 bits per heavy atom. The first-order valence-electron chi connectivity index (χ1n) is 6.11. The number of nitrogens with one attached hydrogen (secondary N) is 2. The fourth-order valence-corrected chi connectivity index (χ4v) is 1.96. The molecule has 0 fully saturated rings. The fourth-order valence-electron chi connectivity index (χ4n) is 1.96. The number of anilines is 1. The molecule has 1 aromatic carbocycles. The van der Waals surface area contributed by atoms with E-state index < -0.39 is 5.97 Å². The molecule has 3 N–H and O–H groups in total. The van der Waals surface area contributed by atoms with Crippen LogP contribution >= 0.6 is 0 Å². The van der Waals surface area contributed by atoms with Gasteiger partial charge in [-0.25, -0.2) is 0 Å². The summed E-state index contributed by atoms with van der Waals surface area (Å²) in [5, 5.41) is 12.0. The SMILES string of the molecule is Cc1cc(=O)[nH]c2cc(NC(=O)CCC(=O)O)ccc12. The van der Waals surface area contributed by atoms with Crippen LogP contribution in [0.3, 0.4) is 0 Å². The standard InChI is InChI=1S/C14H14N2O4/c1-8-6-13(18)16-11-7-9(2-3-10(8)11)15-12(17)4-5-14(19)20/h2-3,6-7H,4-5H2,1H3,(H,15,17)(H,16,18)(H,19,20). The summed E-state index contributed by atoms with van der Waals surface area (Å²) in [6.07, 6.45) is -0.299. The lowest BCUT2D eigenvalue weighted by Gasteiger charge is -2.07. The van der Waals surface area contributed by atoms with Crippen molar-refractivity contribution < 1.29 is 14.7 Å². The van der Waals surface area contributed by atoms with Crippen molar-refractivity contribution in [3.05, 3.63) is 40.2 Å². The van der Waals surface area contributed by atoms with E-state index in [1.807, 2.05) is 6.92 Å². The van der Waals surface area contributed by atoms with E-state index in [1.54, 1.807) is 18.2 Å². The number of carboxylic acid groups (broad SMARTS) is 1.